The second-order valence-corrected chi connectivity index (χ2v) is 1.89. The predicted molar refractivity (Wildman–Crippen MR) is 30.2 cm³/mol. The van der Waals surface area contributed by atoms with Crippen LogP contribution in [0.5, 0.6) is 0 Å². The number of nitrogens with two attached hydrogens (primary N) is 1. The molecule has 0 radical (unpaired) electrons. The summed E-state index contributed by atoms with van der Waals surface area (Å²) in [5, 5.41) is 1.69. The summed E-state index contributed by atoms with van der Waals surface area (Å²) < 4.78 is 0. The van der Waals surface area contributed by atoms with E-state index in [1.807, 2.05) is 5.32 Å². The lowest BCUT2D eigenvalue weighted by molar-refractivity contribution is -0.124. The fraction of sp³-hybridized carbons (Fsp3) is 0. The van der Waals surface area contributed by atoms with E-state index in [0.717, 1.165) is 0 Å². The van der Waals surface area contributed by atoms with E-state index in [2.05, 4.69) is 0 Å². The summed E-state index contributed by atoms with van der Waals surface area (Å²) in [6.07, 6.45) is 0. The molecule has 1 heterocycles. The highest BCUT2D eigenvalue weighted by Gasteiger charge is 2.25. The van der Waals surface area contributed by atoms with E-state index in [1.165, 1.54) is 0 Å². The van der Waals surface area contributed by atoms with Crippen LogP contribution in [-0.2, 0) is 9.59 Å². The minimum absolute atomic E-state index is 0.207. The van der Waals surface area contributed by atoms with Gasteiger partial charge in [-0.15, -0.1) is 0 Å². The third-order valence-corrected chi connectivity index (χ3v) is 1.28. The van der Waals surface area contributed by atoms with Crippen LogP contribution >= 0.6 is 11.6 Å². The summed E-state index contributed by atoms with van der Waals surface area (Å²) in [6, 6.07) is 0. The Hall–Kier alpha value is -1.03. The van der Waals surface area contributed by atoms with Crippen molar-refractivity contribution in [3.05, 3.63) is 10.7 Å². The number of carbonyl (C=O) groups excluding carboxylic acids is 2. The van der Waals surface area contributed by atoms with Crippen LogP contribution in [0.15, 0.2) is 10.7 Å². The van der Waals surface area contributed by atoms with Crippen LogP contribution in [0.1, 0.15) is 0 Å². The van der Waals surface area contributed by atoms with Gasteiger partial charge in [0.2, 0.25) is 0 Å². The highest BCUT2D eigenvalue weighted by atomic mass is 35.5. The molecule has 5 heteroatoms. The van der Waals surface area contributed by atoms with Gasteiger partial charge in [0.1, 0.15) is 10.7 Å². The van der Waals surface area contributed by atoms with Crippen LogP contribution < -0.4 is 11.1 Å². The third-order valence-electron chi connectivity index (χ3n) is 0.908. The van der Waals surface area contributed by atoms with E-state index in [1.54, 1.807) is 0 Å². The maximum Gasteiger partial charge on any atom is 0.275 e. The zero-order valence-electron chi connectivity index (χ0n) is 4.27. The molecule has 0 fully saturated rings. The molecule has 0 aliphatic carbocycles. The molecule has 9 heavy (non-hydrogen) atoms. The molecule has 0 spiro atoms. The maximum atomic E-state index is 10.4. The molecule has 1 aliphatic heterocycles. The first-order valence-electron chi connectivity index (χ1n) is 2.14. The van der Waals surface area contributed by atoms with Gasteiger partial charge in [0.15, 0.2) is 0 Å². The number of rotatable bonds is 0. The summed E-state index contributed by atoms with van der Waals surface area (Å²) in [5.41, 5.74) is 4.82. The van der Waals surface area contributed by atoms with Crippen LogP contribution in [0.4, 0.5) is 0 Å². The molecule has 0 bridgehead atoms. The summed E-state index contributed by atoms with van der Waals surface area (Å²) >= 11 is 5.23. The molecule has 0 aromatic rings. The van der Waals surface area contributed by atoms with Crippen molar-refractivity contribution in [1.29, 1.82) is 0 Å². The zero-order valence-corrected chi connectivity index (χ0v) is 5.03. The van der Waals surface area contributed by atoms with Gasteiger partial charge in [-0.3, -0.25) is 14.9 Å². The van der Waals surface area contributed by atoms with Crippen molar-refractivity contribution in [2.24, 2.45) is 5.73 Å². The molecule has 0 saturated carbocycles. The lowest BCUT2D eigenvalue weighted by atomic mass is 10.5. The van der Waals surface area contributed by atoms with Gasteiger partial charge in [0.05, 0.1) is 0 Å². The fourth-order valence-electron chi connectivity index (χ4n) is 0.447. The van der Waals surface area contributed by atoms with Crippen molar-refractivity contribution in [3.63, 3.8) is 0 Å². The Morgan fingerprint density at radius 3 is 2.00 bits per heavy atom. The summed E-state index contributed by atoms with van der Waals surface area (Å²) in [6.45, 7) is 0. The Balaban J connectivity index is 3.06. The van der Waals surface area contributed by atoms with E-state index in [0.29, 0.717) is 0 Å². The Kier molecular flexibility index (Phi) is 1.17. The number of nitrogens with one attached hydrogen (secondary N) is 1. The molecule has 48 valence electrons. The van der Waals surface area contributed by atoms with Gasteiger partial charge in [-0.1, -0.05) is 11.6 Å². The third kappa shape index (κ3) is 0.768. The largest absolute Gasteiger partial charge is 0.393 e. The average molecular weight is 147 g/mol. The molecule has 3 N–H and O–H groups in total. The quantitative estimate of drug-likeness (QED) is 0.433. The molecule has 0 aromatic heterocycles. The second kappa shape index (κ2) is 1.73. The van der Waals surface area contributed by atoms with Crippen molar-refractivity contribution in [2.45, 2.75) is 0 Å². The molecule has 0 saturated heterocycles. The van der Waals surface area contributed by atoms with Gasteiger partial charge >= 0.3 is 0 Å². The van der Waals surface area contributed by atoms with Crippen LogP contribution in [0.2, 0.25) is 0 Å². The highest BCUT2D eigenvalue weighted by molar-refractivity contribution is 6.47. The second-order valence-electron chi connectivity index (χ2n) is 1.51. The summed E-state index contributed by atoms with van der Waals surface area (Å²) in [4.78, 5) is 20.8. The van der Waals surface area contributed by atoms with E-state index < -0.39 is 11.8 Å². The van der Waals surface area contributed by atoms with E-state index in [9.17, 15) is 9.59 Å². The molecule has 1 aliphatic rings. The number of hydrogen-bond acceptors (Lipinski definition) is 3. The molecule has 1 rings (SSSR count). The topological polar surface area (TPSA) is 72.2 Å². The Bertz CT molecular complexity index is 199. The predicted octanol–water partition coefficient (Wildman–Crippen LogP) is -0.948. The fourth-order valence-corrected chi connectivity index (χ4v) is 0.580. The number of carbonyl (C=O) groups is 2. The normalized spacial score (nSPS) is 18.8. The molecule has 4 nitrogen and oxygen atoms in total. The van der Waals surface area contributed by atoms with Gasteiger partial charge in [-0.25, -0.2) is 0 Å². The van der Waals surface area contributed by atoms with E-state index in [-0.39, 0.29) is 10.7 Å². The number of halogens is 1. The van der Waals surface area contributed by atoms with Crippen molar-refractivity contribution < 1.29 is 9.59 Å². The number of amides is 2. The van der Waals surface area contributed by atoms with E-state index >= 15 is 0 Å². The Morgan fingerprint density at radius 1 is 1.33 bits per heavy atom. The molecular weight excluding hydrogens is 144 g/mol. The smallest absolute Gasteiger partial charge is 0.275 e. The SMILES string of the molecule is NC1=C(Cl)C(=O)NC1=O. The first kappa shape index (κ1) is 6.10. The monoisotopic (exact) mass is 146 g/mol. The van der Waals surface area contributed by atoms with Crippen LogP contribution in [-0.4, -0.2) is 11.8 Å². The van der Waals surface area contributed by atoms with Crippen molar-refractivity contribution in [3.8, 4) is 0 Å². The average Bonchev–Trinajstić information content (AvgIpc) is 1.98. The van der Waals surface area contributed by atoms with Gasteiger partial charge < -0.3 is 5.73 Å². The molecule has 0 aromatic carbocycles. The first-order valence-corrected chi connectivity index (χ1v) is 2.51. The van der Waals surface area contributed by atoms with Crippen molar-refractivity contribution in [2.75, 3.05) is 0 Å². The van der Waals surface area contributed by atoms with Crippen molar-refractivity contribution in [1.82, 2.24) is 5.32 Å². The Morgan fingerprint density at radius 2 is 1.89 bits per heavy atom. The maximum absolute atomic E-state index is 10.4. The van der Waals surface area contributed by atoms with Gasteiger partial charge in [0, 0.05) is 0 Å². The zero-order chi connectivity index (χ0) is 7.02. The molecule has 2 amide bonds. The Labute approximate surface area is 55.7 Å². The van der Waals surface area contributed by atoms with Crippen LogP contribution in [0.25, 0.3) is 0 Å². The highest BCUT2D eigenvalue weighted by Crippen LogP contribution is 2.10. The van der Waals surface area contributed by atoms with Gasteiger partial charge in [0.25, 0.3) is 11.8 Å². The minimum Gasteiger partial charge on any atom is -0.393 e. The lowest BCUT2D eigenvalue weighted by Gasteiger charge is -1.84. The molecule has 0 atom stereocenters. The summed E-state index contributed by atoms with van der Waals surface area (Å²) in [5.74, 6) is -1.25. The number of hydrogen-bond donors (Lipinski definition) is 2. The standard InChI is InChI=1S/C4H3ClN2O2/c5-1-2(6)4(9)7-3(1)8/h(H3,6,7,8,9). The van der Waals surface area contributed by atoms with Crippen molar-refractivity contribution >= 4 is 23.4 Å². The van der Waals surface area contributed by atoms with Gasteiger partial charge in [-0.2, -0.15) is 0 Å². The van der Waals surface area contributed by atoms with Gasteiger partial charge in [-0.05, 0) is 0 Å². The number of imide groups is 1. The first-order chi connectivity index (χ1) is 4.13. The summed E-state index contributed by atoms with van der Waals surface area (Å²) in [7, 11) is 0. The van der Waals surface area contributed by atoms with Crippen LogP contribution in [0, 0.1) is 0 Å². The lowest BCUT2D eigenvalue weighted by Crippen LogP contribution is -2.24. The van der Waals surface area contributed by atoms with Crippen LogP contribution in [0.3, 0.4) is 0 Å². The molecule has 0 unspecified atom stereocenters. The van der Waals surface area contributed by atoms with E-state index in [4.69, 9.17) is 17.3 Å². The minimum atomic E-state index is -0.626. The molecular formula is C4H3ClN2O2.